The Hall–Kier alpha value is -2.47. The number of nitrogens with zero attached hydrogens (tertiary/aromatic N) is 2. The Labute approximate surface area is 147 Å². The van der Waals surface area contributed by atoms with Gasteiger partial charge in [0, 0.05) is 11.3 Å². The van der Waals surface area contributed by atoms with Crippen LogP contribution in [0.15, 0.2) is 47.5 Å². The number of likely N-dealkylation sites (N-methyl/N-ethyl adjacent to an activating group) is 1. The molecule has 3 N–H and O–H groups in total. The minimum atomic E-state index is -0.587. The third-order valence-corrected chi connectivity index (χ3v) is 4.03. The van der Waals surface area contributed by atoms with E-state index in [1.807, 2.05) is 24.3 Å². The molecule has 0 aliphatic rings. The Morgan fingerprint density at radius 3 is 2.24 bits per heavy atom. The van der Waals surface area contributed by atoms with Crippen LogP contribution in [0.2, 0.25) is 0 Å². The Morgan fingerprint density at radius 2 is 1.72 bits per heavy atom. The van der Waals surface area contributed by atoms with Gasteiger partial charge in [-0.15, -0.1) is 0 Å². The van der Waals surface area contributed by atoms with Crippen molar-refractivity contribution in [1.29, 1.82) is 0 Å². The van der Waals surface area contributed by atoms with Crippen molar-refractivity contribution in [1.82, 2.24) is 4.90 Å². The smallest absolute Gasteiger partial charge is 0.193 e. The van der Waals surface area contributed by atoms with Gasteiger partial charge in [0.15, 0.2) is 5.96 Å². The number of benzene rings is 2. The highest BCUT2D eigenvalue weighted by atomic mass is 19.1. The molecule has 0 bridgehead atoms. The molecule has 0 aliphatic carbocycles. The predicted molar refractivity (Wildman–Crippen MR) is 98.7 cm³/mol. The predicted octanol–water partition coefficient (Wildman–Crippen LogP) is 3.56. The normalized spacial score (nSPS) is 13.1. The first-order valence-corrected chi connectivity index (χ1v) is 8.18. The summed E-state index contributed by atoms with van der Waals surface area (Å²) in [5.74, 6) is -0.973. The minimum absolute atomic E-state index is 0.00338. The molecule has 0 fully saturated rings. The van der Waals surface area contributed by atoms with E-state index in [2.05, 4.69) is 17.2 Å². The summed E-state index contributed by atoms with van der Waals surface area (Å²) < 4.78 is 28.1. The first-order chi connectivity index (χ1) is 11.9. The number of guanidine groups is 1. The summed E-state index contributed by atoms with van der Waals surface area (Å²) in [5.41, 5.74) is 7.95. The molecule has 0 saturated carbocycles. The zero-order valence-corrected chi connectivity index (χ0v) is 14.8. The van der Waals surface area contributed by atoms with Gasteiger partial charge < -0.3 is 16.0 Å². The third kappa shape index (κ3) is 5.00. The number of nitrogens with two attached hydrogens (primary N) is 1. The molecule has 0 aromatic heterocycles. The average molecular weight is 346 g/mol. The van der Waals surface area contributed by atoms with E-state index in [4.69, 9.17) is 5.73 Å². The second kappa shape index (κ2) is 8.58. The van der Waals surface area contributed by atoms with Gasteiger partial charge in [-0.2, -0.15) is 0 Å². The highest BCUT2D eigenvalue weighted by Crippen LogP contribution is 2.24. The molecule has 2 rings (SSSR count). The van der Waals surface area contributed by atoms with Crippen LogP contribution in [0.4, 0.5) is 14.5 Å². The van der Waals surface area contributed by atoms with Crippen molar-refractivity contribution in [3.8, 4) is 0 Å². The van der Waals surface area contributed by atoms with E-state index in [9.17, 15) is 8.78 Å². The second-order valence-electron chi connectivity index (χ2n) is 6.02. The molecule has 4 nitrogen and oxygen atoms in total. The maximum atomic E-state index is 14.0. The van der Waals surface area contributed by atoms with E-state index < -0.39 is 17.7 Å². The van der Waals surface area contributed by atoms with Crippen LogP contribution in [0.3, 0.4) is 0 Å². The van der Waals surface area contributed by atoms with Gasteiger partial charge >= 0.3 is 0 Å². The molecule has 0 spiro atoms. The molecular weight excluding hydrogens is 322 g/mol. The number of anilines is 1. The Bertz CT molecular complexity index is 706. The van der Waals surface area contributed by atoms with E-state index in [-0.39, 0.29) is 18.1 Å². The van der Waals surface area contributed by atoms with Crippen LogP contribution < -0.4 is 11.1 Å². The van der Waals surface area contributed by atoms with Crippen molar-refractivity contribution in [2.75, 3.05) is 26.0 Å². The lowest BCUT2D eigenvalue weighted by molar-refractivity contribution is 0.290. The average Bonchev–Trinajstić information content (AvgIpc) is 2.57. The van der Waals surface area contributed by atoms with Crippen LogP contribution in [0, 0.1) is 11.6 Å². The molecule has 0 aliphatic heterocycles. The van der Waals surface area contributed by atoms with Crippen LogP contribution in [-0.4, -0.2) is 31.5 Å². The van der Waals surface area contributed by atoms with E-state index in [1.54, 1.807) is 19.0 Å². The number of nitrogens with one attached hydrogen (secondary N) is 1. The number of rotatable bonds is 6. The number of aliphatic imine (C=N–C) groups is 1. The molecule has 2 aromatic rings. The molecule has 134 valence electrons. The monoisotopic (exact) mass is 346 g/mol. The first-order valence-electron chi connectivity index (χ1n) is 8.18. The third-order valence-electron chi connectivity index (χ3n) is 4.03. The van der Waals surface area contributed by atoms with Crippen LogP contribution >= 0.6 is 0 Å². The summed E-state index contributed by atoms with van der Waals surface area (Å²) in [6.45, 7) is 2.22. The lowest BCUT2D eigenvalue weighted by Crippen LogP contribution is -2.28. The number of hydrogen-bond donors (Lipinski definition) is 2. The fourth-order valence-corrected chi connectivity index (χ4v) is 2.54. The maximum Gasteiger partial charge on any atom is 0.193 e. The molecule has 0 radical (unpaired) electrons. The van der Waals surface area contributed by atoms with Gasteiger partial charge in [0.1, 0.15) is 11.6 Å². The highest BCUT2D eigenvalue weighted by Gasteiger charge is 2.21. The van der Waals surface area contributed by atoms with Gasteiger partial charge in [-0.25, -0.2) is 8.78 Å². The van der Waals surface area contributed by atoms with Gasteiger partial charge in [0.25, 0.3) is 0 Å². The SMILES string of the molecule is CCc1ccc(NC(N)=NCC(c2c(F)cccc2F)N(C)C)cc1. The number of hydrogen-bond acceptors (Lipinski definition) is 2. The maximum absolute atomic E-state index is 14.0. The summed E-state index contributed by atoms with van der Waals surface area (Å²) in [6.07, 6.45) is 0.961. The first kappa shape index (κ1) is 18.9. The summed E-state index contributed by atoms with van der Waals surface area (Å²) in [4.78, 5) is 5.97. The molecule has 0 heterocycles. The summed E-state index contributed by atoms with van der Waals surface area (Å²) >= 11 is 0. The van der Waals surface area contributed by atoms with Crippen LogP contribution in [-0.2, 0) is 6.42 Å². The molecule has 6 heteroatoms. The largest absolute Gasteiger partial charge is 0.370 e. The van der Waals surface area contributed by atoms with E-state index in [0.29, 0.717) is 0 Å². The van der Waals surface area contributed by atoms with Crippen LogP contribution in [0.1, 0.15) is 24.1 Å². The van der Waals surface area contributed by atoms with E-state index >= 15 is 0 Å². The van der Waals surface area contributed by atoms with Crippen LogP contribution in [0.5, 0.6) is 0 Å². The van der Waals surface area contributed by atoms with E-state index in [1.165, 1.54) is 23.8 Å². The molecular formula is C19H24F2N4. The topological polar surface area (TPSA) is 53.6 Å². The lowest BCUT2D eigenvalue weighted by Gasteiger charge is -2.24. The molecule has 1 atom stereocenters. The minimum Gasteiger partial charge on any atom is -0.370 e. The summed E-state index contributed by atoms with van der Waals surface area (Å²) in [7, 11) is 3.50. The van der Waals surface area contributed by atoms with Gasteiger partial charge in [-0.3, -0.25) is 4.99 Å². The lowest BCUT2D eigenvalue weighted by atomic mass is 10.0. The fraction of sp³-hybridized carbons (Fsp3) is 0.316. The molecule has 0 amide bonds. The van der Waals surface area contributed by atoms with E-state index in [0.717, 1.165) is 12.1 Å². The van der Waals surface area contributed by atoms with Crippen LogP contribution in [0.25, 0.3) is 0 Å². The van der Waals surface area contributed by atoms with Crippen molar-refractivity contribution in [2.45, 2.75) is 19.4 Å². The van der Waals surface area contributed by atoms with Crippen molar-refractivity contribution in [3.05, 3.63) is 65.2 Å². The Kier molecular flexibility index (Phi) is 6.47. The molecule has 25 heavy (non-hydrogen) atoms. The summed E-state index contributed by atoms with van der Waals surface area (Å²) in [6, 6.07) is 11.1. The fourth-order valence-electron chi connectivity index (χ4n) is 2.54. The standard InChI is InChI=1S/C19H24F2N4/c1-4-13-8-10-14(11-9-13)24-19(22)23-12-17(25(2)3)18-15(20)6-5-7-16(18)21/h5-11,17H,4,12H2,1-3H3,(H3,22,23,24). The Balaban J connectivity index is 2.12. The zero-order valence-electron chi connectivity index (χ0n) is 14.8. The summed E-state index contributed by atoms with van der Waals surface area (Å²) in [5, 5.41) is 2.99. The molecule has 0 saturated heterocycles. The van der Waals surface area contributed by atoms with Crippen molar-refractivity contribution in [3.63, 3.8) is 0 Å². The molecule has 1 unspecified atom stereocenters. The van der Waals surface area contributed by atoms with Gasteiger partial charge in [0.05, 0.1) is 12.6 Å². The highest BCUT2D eigenvalue weighted by molar-refractivity contribution is 5.92. The van der Waals surface area contributed by atoms with Crippen molar-refractivity contribution < 1.29 is 8.78 Å². The van der Waals surface area contributed by atoms with Crippen molar-refractivity contribution in [2.24, 2.45) is 10.7 Å². The quantitative estimate of drug-likeness (QED) is 0.621. The van der Waals surface area contributed by atoms with Gasteiger partial charge in [0.2, 0.25) is 0 Å². The van der Waals surface area contributed by atoms with Crippen molar-refractivity contribution >= 4 is 11.6 Å². The van der Waals surface area contributed by atoms with Gasteiger partial charge in [-0.1, -0.05) is 25.1 Å². The second-order valence-corrected chi connectivity index (χ2v) is 6.02. The zero-order chi connectivity index (χ0) is 18.4. The molecule has 2 aromatic carbocycles. The number of aryl methyl sites for hydroxylation is 1. The Morgan fingerprint density at radius 1 is 1.12 bits per heavy atom. The van der Waals surface area contributed by atoms with Gasteiger partial charge in [-0.05, 0) is 50.3 Å². The number of halogens is 2.